The monoisotopic (exact) mass is 282 g/mol. The summed E-state index contributed by atoms with van der Waals surface area (Å²) >= 11 is 0. The van der Waals surface area contributed by atoms with Gasteiger partial charge in [0.05, 0.1) is 6.20 Å². The fraction of sp³-hybridized carbons (Fsp3) is 0.294. The van der Waals surface area contributed by atoms with E-state index >= 15 is 0 Å². The van der Waals surface area contributed by atoms with Crippen molar-refractivity contribution in [3.8, 4) is 23.5 Å². The zero-order chi connectivity index (χ0) is 15.5. The molecule has 2 rings (SSSR count). The maximum Gasteiger partial charge on any atom is 0.328 e. The van der Waals surface area contributed by atoms with Gasteiger partial charge in [-0.3, -0.25) is 9.48 Å². The minimum Gasteiger partial charge on any atom is -0.459 e. The lowest BCUT2D eigenvalue weighted by molar-refractivity contribution is -0.155. The summed E-state index contributed by atoms with van der Waals surface area (Å²) in [6.07, 6.45) is 8.91. The summed E-state index contributed by atoms with van der Waals surface area (Å²) in [6, 6.07) is 7.63. The Bertz CT molecular complexity index is 687. The second-order valence-electron chi connectivity index (χ2n) is 5.74. The Morgan fingerprint density at radius 3 is 2.81 bits per heavy atom. The van der Waals surface area contributed by atoms with Gasteiger partial charge in [-0.05, 0) is 38.5 Å². The third-order valence-corrected chi connectivity index (χ3v) is 2.71. The van der Waals surface area contributed by atoms with Crippen LogP contribution in [0.4, 0.5) is 0 Å². The second kappa shape index (κ2) is 5.84. The molecule has 21 heavy (non-hydrogen) atoms. The first-order valence-electron chi connectivity index (χ1n) is 6.69. The summed E-state index contributed by atoms with van der Waals surface area (Å²) in [6.45, 7) is 5.60. The Morgan fingerprint density at radius 1 is 1.38 bits per heavy atom. The first-order chi connectivity index (χ1) is 9.87. The van der Waals surface area contributed by atoms with E-state index in [0.29, 0.717) is 0 Å². The van der Waals surface area contributed by atoms with Gasteiger partial charge in [0.25, 0.3) is 0 Å². The number of ether oxygens (including phenoxy) is 1. The SMILES string of the molecule is C#Cc1cccc(-c2cnn(CC(=O)OC(C)(C)C)c2)c1. The highest BCUT2D eigenvalue weighted by Gasteiger charge is 2.16. The molecule has 0 saturated heterocycles. The zero-order valence-electron chi connectivity index (χ0n) is 12.5. The number of hydrogen-bond acceptors (Lipinski definition) is 3. The van der Waals surface area contributed by atoms with Crippen LogP contribution in [0.3, 0.4) is 0 Å². The normalized spacial score (nSPS) is 11.0. The fourth-order valence-corrected chi connectivity index (χ4v) is 1.89. The number of terminal acetylenes is 1. The van der Waals surface area contributed by atoms with Crippen LogP contribution in [-0.4, -0.2) is 21.4 Å². The molecule has 0 aliphatic carbocycles. The molecule has 0 fully saturated rings. The Balaban J connectivity index is 2.11. The summed E-state index contributed by atoms with van der Waals surface area (Å²) in [5.41, 5.74) is 2.21. The molecule has 0 amide bonds. The van der Waals surface area contributed by atoms with E-state index in [1.807, 2.05) is 45.0 Å². The Kier molecular flexibility index (Phi) is 4.13. The van der Waals surface area contributed by atoms with Crippen molar-refractivity contribution in [1.29, 1.82) is 0 Å². The number of carbonyl (C=O) groups excluding carboxylic acids is 1. The third kappa shape index (κ3) is 4.22. The van der Waals surface area contributed by atoms with E-state index in [9.17, 15) is 4.79 Å². The molecule has 1 aromatic carbocycles. The molecular weight excluding hydrogens is 264 g/mol. The van der Waals surface area contributed by atoms with Gasteiger partial charge in [0.1, 0.15) is 12.1 Å². The Morgan fingerprint density at radius 2 is 2.14 bits per heavy atom. The molecule has 1 heterocycles. The molecule has 108 valence electrons. The minimum atomic E-state index is -0.492. The standard InChI is InChI=1S/C17H18N2O2/c1-5-13-7-6-8-14(9-13)15-10-18-19(11-15)12-16(20)21-17(2,3)4/h1,6-11H,12H2,2-4H3. The average molecular weight is 282 g/mol. The van der Waals surface area contributed by atoms with Gasteiger partial charge in [-0.25, -0.2) is 0 Å². The molecule has 0 bridgehead atoms. The lowest BCUT2D eigenvalue weighted by Gasteiger charge is -2.19. The van der Waals surface area contributed by atoms with Crippen LogP contribution in [0.1, 0.15) is 26.3 Å². The van der Waals surface area contributed by atoms with Crippen LogP contribution in [0.25, 0.3) is 11.1 Å². The van der Waals surface area contributed by atoms with E-state index in [1.165, 1.54) is 0 Å². The molecule has 0 unspecified atom stereocenters. The predicted octanol–water partition coefficient (Wildman–Crippen LogP) is 2.87. The van der Waals surface area contributed by atoms with E-state index in [-0.39, 0.29) is 12.5 Å². The molecule has 2 aromatic rings. The van der Waals surface area contributed by atoms with Crippen molar-refractivity contribution in [2.24, 2.45) is 0 Å². The molecule has 1 aromatic heterocycles. The zero-order valence-corrected chi connectivity index (χ0v) is 12.5. The molecule has 0 atom stereocenters. The number of esters is 1. The number of hydrogen-bond donors (Lipinski definition) is 0. The fourth-order valence-electron chi connectivity index (χ4n) is 1.89. The van der Waals surface area contributed by atoms with E-state index in [2.05, 4.69) is 11.0 Å². The molecule has 0 spiro atoms. The van der Waals surface area contributed by atoms with Crippen molar-refractivity contribution >= 4 is 5.97 Å². The number of aromatic nitrogens is 2. The average Bonchev–Trinajstić information content (AvgIpc) is 2.85. The lowest BCUT2D eigenvalue weighted by Crippen LogP contribution is -2.26. The summed E-state index contributed by atoms with van der Waals surface area (Å²) in [5.74, 6) is 2.29. The van der Waals surface area contributed by atoms with Gasteiger partial charge in [0.15, 0.2) is 0 Å². The number of benzene rings is 1. The molecule has 0 N–H and O–H groups in total. The van der Waals surface area contributed by atoms with E-state index in [4.69, 9.17) is 11.2 Å². The second-order valence-corrected chi connectivity index (χ2v) is 5.74. The van der Waals surface area contributed by atoms with Crippen LogP contribution >= 0.6 is 0 Å². The highest BCUT2D eigenvalue weighted by molar-refractivity contribution is 5.70. The number of rotatable bonds is 3. The molecule has 0 saturated carbocycles. The number of nitrogens with zero attached hydrogens (tertiary/aromatic N) is 2. The summed E-state index contributed by atoms with van der Waals surface area (Å²) in [4.78, 5) is 11.8. The van der Waals surface area contributed by atoms with Crippen molar-refractivity contribution in [3.63, 3.8) is 0 Å². The highest BCUT2D eigenvalue weighted by atomic mass is 16.6. The number of carbonyl (C=O) groups is 1. The van der Waals surface area contributed by atoms with E-state index in [0.717, 1.165) is 16.7 Å². The highest BCUT2D eigenvalue weighted by Crippen LogP contribution is 2.19. The summed E-state index contributed by atoms with van der Waals surface area (Å²) in [7, 11) is 0. The van der Waals surface area contributed by atoms with Crippen LogP contribution in [0.2, 0.25) is 0 Å². The molecule has 4 heteroatoms. The molecule has 0 radical (unpaired) electrons. The molecule has 0 aliphatic heterocycles. The smallest absolute Gasteiger partial charge is 0.328 e. The lowest BCUT2D eigenvalue weighted by atomic mass is 10.1. The molecule has 0 aliphatic rings. The molecule has 4 nitrogen and oxygen atoms in total. The van der Waals surface area contributed by atoms with Crippen LogP contribution in [0.5, 0.6) is 0 Å². The van der Waals surface area contributed by atoms with Crippen LogP contribution < -0.4 is 0 Å². The van der Waals surface area contributed by atoms with Gasteiger partial charge < -0.3 is 4.74 Å². The van der Waals surface area contributed by atoms with Crippen LogP contribution in [-0.2, 0) is 16.1 Å². The van der Waals surface area contributed by atoms with Gasteiger partial charge >= 0.3 is 5.97 Å². The minimum absolute atomic E-state index is 0.0894. The molecular formula is C17H18N2O2. The van der Waals surface area contributed by atoms with Gasteiger partial charge in [-0.2, -0.15) is 5.10 Å². The Hall–Kier alpha value is -2.54. The topological polar surface area (TPSA) is 44.1 Å². The first kappa shape index (κ1) is 14.9. The summed E-state index contributed by atoms with van der Waals surface area (Å²) in [5, 5.41) is 4.18. The predicted molar refractivity (Wildman–Crippen MR) is 81.4 cm³/mol. The summed E-state index contributed by atoms with van der Waals surface area (Å²) < 4.78 is 6.83. The quantitative estimate of drug-likeness (QED) is 0.642. The first-order valence-corrected chi connectivity index (χ1v) is 6.69. The van der Waals surface area contributed by atoms with Crippen LogP contribution in [0.15, 0.2) is 36.7 Å². The van der Waals surface area contributed by atoms with E-state index < -0.39 is 5.60 Å². The van der Waals surface area contributed by atoms with Crippen molar-refractivity contribution in [2.75, 3.05) is 0 Å². The van der Waals surface area contributed by atoms with Crippen LogP contribution in [0, 0.1) is 12.3 Å². The maximum absolute atomic E-state index is 11.8. The van der Waals surface area contributed by atoms with Gasteiger partial charge in [0.2, 0.25) is 0 Å². The largest absolute Gasteiger partial charge is 0.459 e. The van der Waals surface area contributed by atoms with Crippen molar-refractivity contribution in [1.82, 2.24) is 9.78 Å². The Labute approximate surface area is 124 Å². The maximum atomic E-state index is 11.8. The van der Waals surface area contributed by atoms with Crippen molar-refractivity contribution in [2.45, 2.75) is 32.9 Å². The van der Waals surface area contributed by atoms with Gasteiger partial charge in [-0.15, -0.1) is 6.42 Å². The van der Waals surface area contributed by atoms with Crippen molar-refractivity contribution < 1.29 is 9.53 Å². The van der Waals surface area contributed by atoms with Crippen molar-refractivity contribution in [3.05, 3.63) is 42.2 Å². The van der Waals surface area contributed by atoms with Gasteiger partial charge in [0, 0.05) is 17.3 Å². The van der Waals surface area contributed by atoms with E-state index in [1.54, 1.807) is 17.1 Å². The van der Waals surface area contributed by atoms with Gasteiger partial charge in [-0.1, -0.05) is 18.1 Å². The third-order valence-electron chi connectivity index (χ3n) is 2.71.